The maximum Gasteiger partial charge on any atom is 0.191 e. The summed E-state index contributed by atoms with van der Waals surface area (Å²) in [5, 5.41) is 6.66. The van der Waals surface area contributed by atoms with E-state index < -0.39 is 0 Å². The molecule has 1 fully saturated rings. The summed E-state index contributed by atoms with van der Waals surface area (Å²) in [6, 6.07) is 9.31. The van der Waals surface area contributed by atoms with E-state index in [0.717, 1.165) is 56.6 Å². The average Bonchev–Trinajstić information content (AvgIpc) is 2.78. The first-order valence-electron chi connectivity index (χ1n) is 10.8. The quantitative estimate of drug-likeness (QED) is 0.541. The molecule has 3 rings (SSSR count). The predicted molar refractivity (Wildman–Crippen MR) is 121 cm³/mol. The number of hydrogen-bond donors (Lipinski definition) is 2. The zero-order valence-corrected chi connectivity index (χ0v) is 18.3. The lowest BCUT2D eigenvalue weighted by atomic mass is 10.1. The number of rotatable bonds is 7. The summed E-state index contributed by atoms with van der Waals surface area (Å²) < 4.78 is 13.5. The number of piperazine rings is 1. The van der Waals surface area contributed by atoms with Crippen LogP contribution in [0.3, 0.4) is 0 Å². The fraction of sp³-hybridized carbons (Fsp3) is 0.478. The minimum absolute atomic E-state index is 0.183. The average molecular weight is 413 g/mol. The van der Waals surface area contributed by atoms with Gasteiger partial charge in [-0.3, -0.25) is 0 Å². The van der Waals surface area contributed by atoms with Crippen molar-refractivity contribution < 1.29 is 4.39 Å². The van der Waals surface area contributed by atoms with Crippen molar-refractivity contribution in [2.24, 2.45) is 4.99 Å². The van der Waals surface area contributed by atoms with Crippen LogP contribution in [0.15, 0.2) is 41.5 Å². The molecule has 2 N–H and O–H groups in total. The number of aryl methyl sites for hydroxylation is 1. The van der Waals surface area contributed by atoms with Gasteiger partial charge < -0.3 is 20.4 Å². The number of aromatic nitrogens is 1. The highest BCUT2D eigenvalue weighted by molar-refractivity contribution is 5.79. The summed E-state index contributed by atoms with van der Waals surface area (Å²) in [5.41, 5.74) is 2.80. The van der Waals surface area contributed by atoms with Crippen molar-refractivity contribution in [3.8, 4) is 0 Å². The Morgan fingerprint density at radius 3 is 2.57 bits per heavy atom. The van der Waals surface area contributed by atoms with Crippen molar-refractivity contribution in [3.63, 3.8) is 0 Å². The van der Waals surface area contributed by atoms with Crippen LogP contribution in [0.4, 0.5) is 10.2 Å². The maximum atomic E-state index is 13.5. The van der Waals surface area contributed by atoms with E-state index in [9.17, 15) is 4.39 Å². The van der Waals surface area contributed by atoms with E-state index in [4.69, 9.17) is 0 Å². The van der Waals surface area contributed by atoms with E-state index in [0.29, 0.717) is 18.7 Å². The number of hydrogen-bond acceptors (Lipinski definition) is 4. The minimum atomic E-state index is -0.183. The second-order valence-corrected chi connectivity index (χ2v) is 7.58. The summed E-state index contributed by atoms with van der Waals surface area (Å²) in [6.07, 6.45) is 1.88. The number of guanidine groups is 1. The van der Waals surface area contributed by atoms with Gasteiger partial charge in [0.2, 0.25) is 0 Å². The number of nitrogens with zero attached hydrogens (tertiary/aromatic N) is 4. The van der Waals surface area contributed by atoms with E-state index in [1.54, 1.807) is 13.0 Å². The first-order valence-corrected chi connectivity index (χ1v) is 10.8. The Balaban J connectivity index is 1.59. The van der Waals surface area contributed by atoms with Gasteiger partial charge in [-0.2, -0.15) is 0 Å². The van der Waals surface area contributed by atoms with Crippen LogP contribution in [0, 0.1) is 12.7 Å². The molecule has 6 nitrogen and oxygen atoms in total. The third-order valence-corrected chi connectivity index (χ3v) is 5.40. The largest absolute Gasteiger partial charge is 0.357 e. The fourth-order valence-corrected chi connectivity index (χ4v) is 3.54. The van der Waals surface area contributed by atoms with Crippen molar-refractivity contribution in [1.29, 1.82) is 0 Å². The summed E-state index contributed by atoms with van der Waals surface area (Å²) in [5.74, 6) is 1.60. The van der Waals surface area contributed by atoms with Gasteiger partial charge >= 0.3 is 0 Å². The van der Waals surface area contributed by atoms with Crippen LogP contribution < -0.4 is 15.5 Å². The molecule has 0 saturated carbocycles. The molecule has 0 atom stereocenters. The van der Waals surface area contributed by atoms with E-state index in [1.807, 2.05) is 25.3 Å². The van der Waals surface area contributed by atoms with Crippen molar-refractivity contribution >= 4 is 11.8 Å². The summed E-state index contributed by atoms with van der Waals surface area (Å²) in [6.45, 7) is 13.3. The van der Waals surface area contributed by atoms with Gasteiger partial charge in [-0.1, -0.05) is 19.1 Å². The second-order valence-electron chi connectivity index (χ2n) is 7.58. The third-order valence-electron chi connectivity index (χ3n) is 5.40. The summed E-state index contributed by atoms with van der Waals surface area (Å²) in [7, 11) is 0. The molecule has 1 aromatic carbocycles. The van der Waals surface area contributed by atoms with Gasteiger partial charge in [0.15, 0.2) is 5.96 Å². The van der Waals surface area contributed by atoms with Gasteiger partial charge in [0.25, 0.3) is 0 Å². The Morgan fingerprint density at radius 2 is 1.87 bits per heavy atom. The van der Waals surface area contributed by atoms with Crippen molar-refractivity contribution in [3.05, 3.63) is 59.0 Å². The molecule has 0 aliphatic carbocycles. The topological polar surface area (TPSA) is 55.8 Å². The highest BCUT2D eigenvalue weighted by atomic mass is 19.1. The Hall–Kier alpha value is -2.67. The number of likely N-dealkylation sites (N-methyl/N-ethyl adjacent to an activating group) is 1. The third kappa shape index (κ3) is 6.16. The number of halogens is 1. The van der Waals surface area contributed by atoms with Crippen LogP contribution in [0.5, 0.6) is 0 Å². The summed E-state index contributed by atoms with van der Waals surface area (Å²) in [4.78, 5) is 14.0. The molecule has 1 aliphatic rings. The lowest BCUT2D eigenvalue weighted by molar-refractivity contribution is 0.270. The predicted octanol–water partition coefficient (Wildman–Crippen LogP) is 2.93. The zero-order valence-electron chi connectivity index (χ0n) is 18.3. The molecule has 30 heavy (non-hydrogen) atoms. The molecule has 7 heteroatoms. The molecule has 2 heterocycles. The molecular weight excluding hydrogens is 379 g/mol. The molecule has 1 aliphatic heterocycles. The highest BCUT2D eigenvalue weighted by Crippen LogP contribution is 2.15. The Morgan fingerprint density at radius 1 is 1.07 bits per heavy atom. The minimum Gasteiger partial charge on any atom is -0.357 e. The highest BCUT2D eigenvalue weighted by Gasteiger charge is 2.16. The Kier molecular flexibility index (Phi) is 8.02. The monoisotopic (exact) mass is 412 g/mol. The molecule has 0 spiro atoms. The van der Waals surface area contributed by atoms with Gasteiger partial charge in [-0.15, -0.1) is 0 Å². The lowest BCUT2D eigenvalue weighted by Crippen LogP contribution is -2.46. The van der Waals surface area contributed by atoms with Crippen LogP contribution in [-0.2, 0) is 13.1 Å². The maximum absolute atomic E-state index is 13.5. The van der Waals surface area contributed by atoms with E-state index in [2.05, 4.69) is 43.4 Å². The van der Waals surface area contributed by atoms with Crippen molar-refractivity contribution in [2.45, 2.75) is 33.9 Å². The zero-order chi connectivity index (χ0) is 21.3. The van der Waals surface area contributed by atoms with Gasteiger partial charge in [0.05, 0.1) is 6.54 Å². The van der Waals surface area contributed by atoms with Crippen LogP contribution in [-0.4, -0.2) is 55.1 Å². The molecule has 0 radical (unpaired) electrons. The van der Waals surface area contributed by atoms with Gasteiger partial charge in [-0.25, -0.2) is 14.4 Å². The van der Waals surface area contributed by atoms with Gasteiger partial charge in [0.1, 0.15) is 11.6 Å². The van der Waals surface area contributed by atoms with Crippen LogP contribution >= 0.6 is 0 Å². The molecule has 162 valence electrons. The first-order chi connectivity index (χ1) is 14.6. The molecule has 2 aromatic rings. The standard InChI is InChI=1S/C23H33FN6/c1-4-25-23(27-16-19-6-7-21(24)18(3)14-19)28-17-20-8-9-26-22(15-20)30-12-10-29(5-2)11-13-30/h6-9,14-15H,4-5,10-13,16-17H2,1-3H3,(H2,25,27,28). The lowest BCUT2D eigenvalue weighted by Gasteiger charge is -2.34. The van der Waals surface area contributed by atoms with E-state index in [-0.39, 0.29) is 5.82 Å². The number of nitrogens with one attached hydrogen (secondary N) is 2. The smallest absolute Gasteiger partial charge is 0.191 e. The molecule has 0 bridgehead atoms. The van der Waals surface area contributed by atoms with Crippen LogP contribution in [0.25, 0.3) is 0 Å². The number of aliphatic imine (C=N–C) groups is 1. The van der Waals surface area contributed by atoms with Crippen LogP contribution in [0.2, 0.25) is 0 Å². The summed E-state index contributed by atoms with van der Waals surface area (Å²) >= 11 is 0. The van der Waals surface area contributed by atoms with Crippen molar-refractivity contribution in [1.82, 2.24) is 20.5 Å². The Labute approximate surface area is 179 Å². The normalized spacial score (nSPS) is 15.3. The SMILES string of the molecule is CCNC(=NCc1ccc(F)c(C)c1)NCc1ccnc(N2CCN(CC)CC2)c1. The van der Waals surface area contributed by atoms with Crippen LogP contribution in [0.1, 0.15) is 30.5 Å². The molecular formula is C23H33FN6. The molecule has 0 amide bonds. The van der Waals surface area contributed by atoms with Crippen molar-refractivity contribution in [2.75, 3.05) is 44.2 Å². The fourth-order valence-electron chi connectivity index (χ4n) is 3.54. The number of pyridine rings is 1. The Bertz CT molecular complexity index is 845. The second kappa shape index (κ2) is 10.9. The van der Waals surface area contributed by atoms with Gasteiger partial charge in [-0.05, 0) is 55.3 Å². The molecule has 1 aromatic heterocycles. The van der Waals surface area contributed by atoms with E-state index >= 15 is 0 Å². The number of benzene rings is 1. The van der Waals surface area contributed by atoms with E-state index in [1.165, 1.54) is 11.6 Å². The molecule has 0 unspecified atom stereocenters. The number of anilines is 1. The van der Waals surface area contributed by atoms with Gasteiger partial charge in [0, 0.05) is 45.5 Å². The molecule has 1 saturated heterocycles. The first kappa shape index (κ1) is 22.0.